The number of aromatic amines is 2. The zero-order valence-electron chi connectivity index (χ0n) is 34.5. The summed E-state index contributed by atoms with van der Waals surface area (Å²) in [5.41, 5.74) is 4.52. The van der Waals surface area contributed by atoms with E-state index in [0.29, 0.717) is 49.8 Å². The Kier molecular flexibility index (Phi) is 12.0. The van der Waals surface area contributed by atoms with E-state index < -0.39 is 30.0 Å². The molecule has 0 bridgehead atoms. The predicted molar refractivity (Wildman–Crippen MR) is 221 cm³/mol. The van der Waals surface area contributed by atoms with E-state index in [2.05, 4.69) is 31.2 Å². The lowest BCUT2D eigenvalue weighted by atomic mass is 9.93. The molecule has 3 fully saturated rings. The lowest BCUT2D eigenvalue weighted by molar-refractivity contribution is -0.137. The van der Waals surface area contributed by atoms with E-state index in [4.69, 9.17) is 0 Å². The maximum atomic E-state index is 14.9. The summed E-state index contributed by atoms with van der Waals surface area (Å²) in [7, 11) is 3.41. The quantitative estimate of drug-likeness (QED) is 0.0990. The molecule has 0 radical (unpaired) electrons. The number of carbonyl (C=O) groups excluding carboxylic acids is 4. The lowest BCUT2D eigenvalue weighted by Crippen LogP contribution is -2.53. The first kappa shape index (κ1) is 41.3. The number of aromatic nitrogens is 2. The molecule has 2 aromatic heterocycles. The van der Waals surface area contributed by atoms with Crippen LogP contribution in [0.4, 0.5) is 8.78 Å². The molecule has 1 aliphatic carbocycles. The van der Waals surface area contributed by atoms with Gasteiger partial charge < -0.3 is 41.0 Å². The summed E-state index contributed by atoms with van der Waals surface area (Å²) >= 11 is 0. The van der Waals surface area contributed by atoms with Crippen LogP contribution < -0.4 is 21.3 Å². The molecule has 2 aromatic carbocycles. The van der Waals surface area contributed by atoms with Crippen LogP contribution in [0.3, 0.4) is 0 Å². The van der Waals surface area contributed by atoms with Crippen LogP contribution in [0.2, 0.25) is 0 Å². The minimum Gasteiger partial charge on any atom is -0.353 e. The van der Waals surface area contributed by atoms with Crippen LogP contribution in [0.5, 0.6) is 0 Å². The lowest BCUT2D eigenvalue weighted by Gasteiger charge is -2.30. The molecule has 14 heteroatoms. The third kappa shape index (κ3) is 8.09. The normalized spacial score (nSPS) is 20.8. The van der Waals surface area contributed by atoms with Crippen molar-refractivity contribution in [1.82, 2.24) is 41.0 Å². The summed E-state index contributed by atoms with van der Waals surface area (Å²) in [6.07, 6.45) is 6.27. The Morgan fingerprint density at radius 2 is 1.24 bits per heavy atom. The van der Waals surface area contributed by atoms with Crippen LogP contribution >= 0.6 is 0 Å². The second-order valence-corrected chi connectivity index (χ2v) is 16.9. The van der Waals surface area contributed by atoms with Gasteiger partial charge in [0.25, 0.3) is 0 Å². The van der Waals surface area contributed by atoms with E-state index in [1.165, 1.54) is 24.3 Å². The van der Waals surface area contributed by atoms with Crippen molar-refractivity contribution < 1.29 is 28.0 Å². The topological polar surface area (TPSA) is 154 Å². The Bertz CT molecular complexity index is 2200. The predicted octanol–water partition coefficient (Wildman–Crippen LogP) is 5.06. The number of H-pyrrole nitrogens is 2. The first-order chi connectivity index (χ1) is 27.8. The highest BCUT2D eigenvalue weighted by Gasteiger charge is 2.54. The molecule has 6 N–H and O–H groups in total. The van der Waals surface area contributed by atoms with Gasteiger partial charge in [0.15, 0.2) is 0 Å². The number of nitrogens with zero attached hydrogens (tertiary/aromatic N) is 2. The minimum absolute atomic E-state index is 0.0441. The van der Waals surface area contributed by atoms with Gasteiger partial charge in [0.1, 0.15) is 23.7 Å². The second-order valence-electron chi connectivity index (χ2n) is 16.9. The van der Waals surface area contributed by atoms with E-state index in [0.717, 1.165) is 65.4 Å². The number of benzene rings is 2. The molecule has 1 unspecified atom stereocenters. The summed E-state index contributed by atoms with van der Waals surface area (Å²) in [4.78, 5) is 65.0. The van der Waals surface area contributed by atoms with Crippen molar-refractivity contribution in [1.29, 1.82) is 0 Å². The number of amides is 4. The first-order valence-electron chi connectivity index (χ1n) is 21.0. The molecule has 6 atom stereocenters. The summed E-state index contributed by atoms with van der Waals surface area (Å²) in [5.74, 6) is -1.48. The van der Waals surface area contributed by atoms with E-state index in [9.17, 15) is 28.0 Å². The van der Waals surface area contributed by atoms with Gasteiger partial charge in [-0.25, -0.2) is 8.78 Å². The van der Waals surface area contributed by atoms with Gasteiger partial charge in [-0.3, -0.25) is 19.2 Å². The number of carbonyl (C=O) groups is 4. The van der Waals surface area contributed by atoms with Crippen molar-refractivity contribution in [3.8, 4) is 11.4 Å². The molecule has 2 aliphatic heterocycles. The zero-order chi connectivity index (χ0) is 41.5. The molecule has 4 heterocycles. The maximum Gasteiger partial charge on any atom is 0.245 e. The van der Waals surface area contributed by atoms with Crippen molar-refractivity contribution >= 4 is 45.4 Å². The average Bonchev–Trinajstić information content (AvgIpc) is 3.52. The Hall–Kier alpha value is -4.82. The first-order valence-corrected chi connectivity index (χ1v) is 21.0. The number of halogens is 2. The van der Waals surface area contributed by atoms with Crippen molar-refractivity contribution in [2.45, 2.75) is 122 Å². The molecule has 4 aromatic rings. The molecule has 1 saturated carbocycles. The van der Waals surface area contributed by atoms with Crippen LogP contribution in [0.15, 0.2) is 36.4 Å². The van der Waals surface area contributed by atoms with Gasteiger partial charge in [-0.05, 0) is 139 Å². The van der Waals surface area contributed by atoms with Gasteiger partial charge in [-0.2, -0.15) is 0 Å². The van der Waals surface area contributed by atoms with Crippen LogP contribution in [-0.2, 0) is 32.0 Å². The second kappa shape index (κ2) is 16.8. The fraction of sp³-hybridized carbons (Fsp3) is 0.545. The largest absolute Gasteiger partial charge is 0.353 e. The third-order valence-corrected chi connectivity index (χ3v) is 13.1. The SMILES string of the molecule is CC[C@H](NC(=O)[C@H](C)NC)C(=O)N1CC2(CC2)CC1Cc1c(-c2[nH]c3cc(F)ccc3c2C[C@@H]2CCCN2C(=O)[C@H](CC)NC(=O)[C@H](C)NC)[nH]c2cc(F)ccc12. The smallest absolute Gasteiger partial charge is 0.245 e. The van der Waals surface area contributed by atoms with Crippen LogP contribution in [0, 0.1) is 17.0 Å². The molecule has 2 saturated heterocycles. The maximum absolute atomic E-state index is 14.9. The van der Waals surface area contributed by atoms with Crippen LogP contribution in [0.1, 0.15) is 83.8 Å². The van der Waals surface area contributed by atoms with Crippen molar-refractivity contribution in [2.75, 3.05) is 27.2 Å². The zero-order valence-corrected chi connectivity index (χ0v) is 34.5. The van der Waals surface area contributed by atoms with E-state index >= 15 is 0 Å². The van der Waals surface area contributed by atoms with E-state index in [-0.39, 0.29) is 46.9 Å². The fourth-order valence-corrected chi connectivity index (χ4v) is 9.19. The number of nitrogens with one attached hydrogen (secondary N) is 6. The third-order valence-electron chi connectivity index (χ3n) is 13.1. The van der Waals surface area contributed by atoms with Crippen molar-refractivity contribution in [3.05, 3.63) is 59.2 Å². The number of fused-ring (bicyclic) bond motifs is 2. The molecule has 1 spiro atoms. The standard InChI is InChI=1S/C44H58F2N8O4/c1-7-34(51-40(55)24(3)47-5)42(57)53-17-9-10-28(53)20-32-30-13-11-26(45)18-36(30)49-38(32)39-33(31-14-12-27(46)19-37(31)50-39)21-29-22-44(15-16-44)23-54(29)43(58)35(8-2)52-41(56)25(4)48-6/h11-14,18-19,24-25,28-29,34-35,47-50H,7-10,15-17,20-23H2,1-6H3,(H,51,55)(H,52,56)/t24-,25-,28-,29?,34-,35-/m0/s1. The Labute approximate surface area is 338 Å². The van der Waals surface area contributed by atoms with Gasteiger partial charge >= 0.3 is 0 Å². The van der Waals surface area contributed by atoms with Crippen molar-refractivity contribution in [3.63, 3.8) is 0 Å². The highest BCUT2D eigenvalue weighted by Crippen LogP contribution is 2.55. The highest BCUT2D eigenvalue weighted by atomic mass is 19.1. The van der Waals surface area contributed by atoms with Gasteiger partial charge in [-0.1, -0.05) is 13.8 Å². The summed E-state index contributed by atoms with van der Waals surface area (Å²) in [5, 5.41) is 13.4. The van der Waals surface area contributed by atoms with E-state index in [1.54, 1.807) is 40.1 Å². The Balaban J connectivity index is 1.26. The van der Waals surface area contributed by atoms with Crippen molar-refractivity contribution in [2.24, 2.45) is 5.41 Å². The number of likely N-dealkylation sites (N-methyl/N-ethyl adjacent to an activating group) is 2. The number of hydrogen-bond acceptors (Lipinski definition) is 6. The molecule has 12 nitrogen and oxygen atoms in total. The van der Waals surface area contributed by atoms with Gasteiger partial charge in [0.2, 0.25) is 23.6 Å². The summed E-state index contributed by atoms with van der Waals surface area (Å²) in [6, 6.07) is 6.76. The molecule has 3 aliphatic rings. The molecule has 7 rings (SSSR count). The van der Waals surface area contributed by atoms with Crippen LogP contribution in [0.25, 0.3) is 33.2 Å². The number of hydrogen-bond donors (Lipinski definition) is 6. The van der Waals surface area contributed by atoms with Gasteiger partial charge in [-0.15, -0.1) is 0 Å². The molecular formula is C44H58F2N8O4. The van der Waals surface area contributed by atoms with Crippen LogP contribution in [-0.4, -0.2) is 107 Å². The summed E-state index contributed by atoms with van der Waals surface area (Å²) in [6.45, 7) is 8.47. The average molecular weight is 801 g/mol. The Morgan fingerprint density at radius 1 is 0.759 bits per heavy atom. The molecule has 4 amide bonds. The number of rotatable bonds is 15. The monoisotopic (exact) mass is 800 g/mol. The van der Waals surface area contributed by atoms with Gasteiger partial charge in [0.05, 0.1) is 23.5 Å². The Morgan fingerprint density at radius 3 is 1.71 bits per heavy atom. The van der Waals surface area contributed by atoms with E-state index in [1.807, 2.05) is 23.6 Å². The number of likely N-dealkylation sites (tertiary alicyclic amines) is 2. The molecule has 312 valence electrons. The summed E-state index contributed by atoms with van der Waals surface area (Å²) < 4.78 is 29.7. The van der Waals surface area contributed by atoms with Gasteiger partial charge in [0, 0.05) is 47.0 Å². The minimum atomic E-state index is -0.671. The fourth-order valence-electron chi connectivity index (χ4n) is 9.19. The molecular weight excluding hydrogens is 743 g/mol. The molecule has 58 heavy (non-hydrogen) atoms. The highest BCUT2D eigenvalue weighted by molar-refractivity contribution is 5.97.